The molecule has 14 heavy (non-hydrogen) atoms. The van der Waals surface area contributed by atoms with Gasteiger partial charge in [0.25, 0.3) is 0 Å². The second kappa shape index (κ2) is 4.28. The van der Waals surface area contributed by atoms with Crippen LogP contribution in [0.1, 0.15) is 28.3 Å². The van der Waals surface area contributed by atoms with Crippen molar-refractivity contribution < 1.29 is 0 Å². The molecule has 0 fully saturated rings. The standard InChI is InChI=1S/C12H16N2/c1-5-11(14-13)12-9(3)6-8(2)7-10(12)4/h1,6-7,11,14H,13H2,2-4H3. The van der Waals surface area contributed by atoms with Crippen molar-refractivity contribution in [3.63, 3.8) is 0 Å². The van der Waals surface area contributed by atoms with E-state index in [2.05, 4.69) is 44.3 Å². The Morgan fingerprint density at radius 3 is 2.14 bits per heavy atom. The molecule has 0 aliphatic rings. The summed E-state index contributed by atoms with van der Waals surface area (Å²) in [5.41, 5.74) is 7.36. The number of benzene rings is 1. The van der Waals surface area contributed by atoms with Gasteiger partial charge in [0.05, 0.1) is 0 Å². The van der Waals surface area contributed by atoms with Crippen LogP contribution in [0.15, 0.2) is 12.1 Å². The average molecular weight is 188 g/mol. The Balaban J connectivity index is 3.28. The SMILES string of the molecule is C#CC(NN)c1c(C)cc(C)cc1C. The molecule has 0 aliphatic heterocycles. The largest absolute Gasteiger partial charge is 0.270 e. The molecule has 0 aliphatic carbocycles. The number of nitrogens with two attached hydrogens (primary N) is 1. The molecular weight excluding hydrogens is 172 g/mol. The van der Waals surface area contributed by atoms with E-state index in [1.807, 2.05) is 0 Å². The molecule has 1 atom stereocenters. The Morgan fingerprint density at radius 1 is 1.29 bits per heavy atom. The lowest BCUT2D eigenvalue weighted by Crippen LogP contribution is -2.28. The molecule has 1 aromatic rings. The monoisotopic (exact) mass is 188 g/mol. The van der Waals surface area contributed by atoms with Crippen molar-refractivity contribution >= 4 is 0 Å². The molecule has 0 amide bonds. The Hall–Kier alpha value is -1.30. The van der Waals surface area contributed by atoms with Crippen molar-refractivity contribution in [1.29, 1.82) is 0 Å². The van der Waals surface area contributed by atoms with Crippen LogP contribution in [0, 0.1) is 33.1 Å². The van der Waals surface area contributed by atoms with Crippen LogP contribution >= 0.6 is 0 Å². The Morgan fingerprint density at radius 2 is 1.79 bits per heavy atom. The zero-order valence-corrected chi connectivity index (χ0v) is 8.89. The lowest BCUT2D eigenvalue weighted by atomic mass is 9.95. The topological polar surface area (TPSA) is 38.0 Å². The van der Waals surface area contributed by atoms with Crippen molar-refractivity contribution in [2.75, 3.05) is 0 Å². The predicted octanol–water partition coefficient (Wildman–Crippen LogP) is 1.75. The maximum Gasteiger partial charge on any atom is 0.107 e. The highest BCUT2D eigenvalue weighted by Gasteiger charge is 2.11. The van der Waals surface area contributed by atoms with Crippen LogP contribution in [-0.4, -0.2) is 0 Å². The van der Waals surface area contributed by atoms with Gasteiger partial charge in [-0.1, -0.05) is 23.6 Å². The van der Waals surface area contributed by atoms with E-state index in [9.17, 15) is 0 Å². The van der Waals surface area contributed by atoms with E-state index < -0.39 is 0 Å². The maximum absolute atomic E-state index is 5.40. The van der Waals surface area contributed by atoms with Crippen molar-refractivity contribution in [3.8, 4) is 12.3 Å². The van der Waals surface area contributed by atoms with Crippen LogP contribution in [0.4, 0.5) is 0 Å². The van der Waals surface area contributed by atoms with Gasteiger partial charge in [-0.2, -0.15) is 0 Å². The first-order valence-electron chi connectivity index (χ1n) is 4.60. The fraction of sp³-hybridized carbons (Fsp3) is 0.333. The van der Waals surface area contributed by atoms with Gasteiger partial charge in [0.2, 0.25) is 0 Å². The van der Waals surface area contributed by atoms with E-state index in [4.69, 9.17) is 12.3 Å². The first-order valence-corrected chi connectivity index (χ1v) is 4.60. The molecule has 2 nitrogen and oxygen atoms in total. The smallest absolute Gasteiger partial charge is 0.107 e. The van der Waals surface area contributed by atoms with E-state index in [-0.39, 0.29) is 6.04 Å². The van der Waals surface area contributed by atoms with E-state index in [1.54, 1.807) is 0 Å². The molecular formula is C12H16N2. The van der Waals surface area contributed by atoms with Gasteiger partial charge in [-0.3, -0.25) is 5.84 Å². The molecule has 1 unspecified atom stereocenters. The van der Waals surface area contributed by atoms with Crippen molar-refractivity contribution in [2.24, 2.45) is 5.84 Å². The summed E-state index contributed by atoms with van der Waals surface area (Å²) in [6.45, 7) is 6.18. The van der Waals surface area contributed by atoms with Crippen molar-refractivity contribution in [3.05, 3.63) is 34.4 Å². The van der Waals surface area contributed by atoms with Gasteiger partial charge in [-0.25, -0.2) is 5.43 Å². The number of hydrogen-bond acceptors (Lipinski definition) is 2. The second-order valence-corrected chi connectivity index (χ2v) is 3.58. The van der Waals surface area contributed by atoms with E-state index in [0.717, 1.165) is 5.56 Å². The van der Waals surface area contributed by atoms with E-state index in [1.165, 1.54) is 16.7 Å². The fourth-order valence-electron chi connectivity index (χ4n) is 1.86. The van der Waals surface area contributed by atoms with Crippen molar-refractivity contribution in [2.45, 2.75) is 26.8 Å². The molecule has 0 aromatic heterocycles. The molecule has 0 spiro atoms. The summed E-state index contributed by atoms with van der Waals surface area (Å²) >= 11 is 0. The van der Waals surface area contributed by atoms with Gasteiger partial charge in [0.15, 0.2) is 0 Å². The summed E-state index contributed by atoms with van der Waals surface area (Å²) in [4.78, 5) is 0. The van der Waals surface area contributed by atoms with Gasteiger partial charge in [-0.05, 0) is 37.5 Å². The molecule has 0 radical (unpaired) electrons. The molecule has 1 aromatic carbocycles. The van der Waals surface area contributed by atoms with Gasteiger partial charge in [0.1, 0.15) is 6.04 Å². The van der Waals surface area contributed by atoms with Crippen LogP contribution < -0.4 is 11.3 Å². The summed E-state index contributed by atoms with van der Waals surface area (Å²) in [5, 5.41) is 0. The van der Waals surface area contributed by atoms with E-state index >= 15 is 0 Å². The minimum Gasteiger partial charge on any atom is -0.270 e. The highest BCUT2D eigenvalue weighted by atomic mass is 15.2. The quantitative estimate of drug-likeness (QED) is 0.421. The van der Waals surface area contributed by atoms with Crippen LogP contribution in [-0.2, 0) is 0 Å². The lowest BCUT2D eigenvalue weighted by Gasteiger charge is -2.16. The summed E-state index contributed by atoms with van der Waals surface area (Å²) in [7, 11) is 0. The highest BCUT2D eigenvalue weighted by molar-refractivity contribution is 5.42. The minimum absolute atomic E-state index is 0.199. The summed E-state index contributed by atoms with van der Waals surface area (Å²) < 4.78 is 0. The van der Waals surface area contributed by atoms with Gasteiger partial charge in [0, 0.05) is 0 Å². The highest BCUT2D eigenvalue weighted by Crippen LogP contribution is 2.22. The third kappa shape index (κ3) is 1.95. The van der Waals surface area contributed by atoms with Gasteiger partial charge < -0.3 is 0 Å². The number of hydrogen-bond donors (Lipinski definition) is 2. The summed E-state index contributed by atoms with van der Waals surface area (Å²) in [6.07, 6.45) is 5.40. The Kier molecular flexibility index (Phi) is 3.29. The molecule has 0 saturated heterocycles. The molecule has 3 N–H and O–H groups in total. The molecule has 0 saturated carbocycles. The normalized spacial score (nSPS) is 12.2. The maximum atomic E-state index is 5.40. The molecule has 74 valence electrons. The van der Waals surface area contributed by atoms with Crippen LogP contribution in [0.5, 0.6) is 0 Å². The third-order valence-electron chi connectivity index (χ3n) is 2.36. The summed E-state index contributed by atoms with van der Waals surface area (Å²) in [6, 6.07) is 4.03. The second-order valence-electron chi connectivity index (χ2n) is 3.58. The number of aryl methyl sites for hydroxylation is 3. The number of nitrogens with one attached hydrogen (secondary N) is 1. The van der Waals surface area contributed by atoms with Crippen molar-refractivity contribution in [1.82, 2.24) is 5.43 Å². The summed E-state index contributed by atoms with van der Waals surface area (Å²) in [5.74, 6) is 8.03. The van der Waals surface area contributed by atoms with Crippen LogP contribution in [0.25, 0.3) is 0 Å². The molecule has 0 heterocycles. The first kappa shape index (κ1) is 10.8. The van der Waals surface area contributed by atoms with E-state index in [0.29, 0.717) is 0 Å². The number of hydrazine groups is 1. The average Bonchev–Trinajstić information content (AvgIpc) is 2.10. The predicted molar refractivity (Wildman–Crippen MR) is 59.6 cm³/mol. The number of rotatable bonds is 2. The molecule has 0 bridgehead atoms. The third-order valence-corrected chi connectivity index (χ3v) is 2.36. The van der Waals surface area contributed by atoms with Gasteiger partial charge in [-0.15, -0.1) is 6.42 Å². The van der Waals surface area contributed by atoms with Gasteiger partial charge >= 0.3 is 0 Å². The Labute approximate surface area is 85.5 Å². The minimum atomic E-state index is -0.199. The fourth-order valence-corrected chi connectivity index (χ4v) is 1.86. The molecule has 2 heteroatoms. The Bertz CT molecular complexity index is 351. The van der Waals surface area contributed by atoms with Crippen LogP contribution in [0.2, 0.25) is 0 Å². The lowest BCUT2D eigenvalue weighted by molar-refractivity contribution is 0.666. The van der Waals surface area contributed by atoms with Crippen LogP contribution in [0.3, 0.4) is 0 Å². The zero-order chi connectivity index (χ0) is 10.7. The molecule has 1 rings (SSSR count). The zero-order valence-electron chi connectivity index (χ0n) is 8.89. The number of terminal acetylenes is 1. The first-order chi connectivity index (χ1) is 6.60.